The minimum atomic E-state index is -0.0928. The van der Waals surface area contributed by atoms with Crippen LogP contribution in [0.1, 0.15) is 48.0 Å². The zero-order valence-corrected chi connectivity index (χ0v) is 13.1. The Morgan fingerprint density at radius 3 is 1.94 bits per heavy atom. The van der Waals surface area contributed by atoms with Crippen molar-refractivity contribution in [1.29, 1.82) is 0 Å². The van der Waals surface area contributed by atoms with Crippen molar-refractivity contribution in [3.63, 3.8) is 0 Å². The predicted octanol–water partition coefficient (Wildman–Crippen LogP) is 3.32. The van der Waals surface area contributed by atoms with E-state index in [1.54, 1.807) is 7.11 Å². The molecule has 0 amide bonds. The summed E-state index contributed by atoms with van der Waals surface area (Å²) in [5.41, 5.74) is -0.0720. The third kappa shape index (κ3) is 7.83. The Kier molecular flexibility index (Phi) is 7.08. The maximum atomic E-state index is 11.7. The fraction of sp³-hybridized carbons (Fsp3) is 0.933. The number of Topliss-reactive ketones (excluding diaryl/α,β-unsaturated/α-hetero) is 1. The van der Waals surface area contributed by atoms with Crippen LogP contribution in [0.15, 0.2) is 0 Å². The molecule has 0 saturated heterocycles. The molecule has 0 aliphatic rings. The second kappa shape index (κ2) is 7.25. The smallest absolute Gasteiger partial charge is 0.136 e. The fourth-order valence-corrected chi connectivity index (χ4v) is 1.76. The molecule has 0 N–H and O–H groups in total. The molecule has 0 aromatic rings. The minimum absolute atomic E-state index is 0.0207. The highest BCUT2D eigenvalue weighted by Gasteiger charge is 2.25. The second-order valence-corrected chi connectivity index (χ2v) is 7.05. The van der Waals surface area contributed by atoms with E-state index in [9.17, 15) is 4.79 Å². The first-order valence-electron chi connectivity index (χ1n) is 6.69. The van der Waals surface area contributed by atoms with E-state index in [4.69, 9.17) is 9.47 Å². The van der Waals surface area contributed by atoms with Crippen molar-refractivity contribution in [3.8, 4) is 0 Å². The average molecular weight is 258 g/mol. The first-order chi connectivity index (χ1) is 8.09. The van der Waals surface area contributed by atoms with Crippen molar-refractivity contribution >= 4 is 5.78 Å². The molecular weight excluding hydrogens is 228 g/mol. The number of rotatable bonds is 9. The van der Waals surface area contributed by atoms with Crippen molar-refractivity contribution in [2.45, 2.75) is 48.0 Å². The standard InChI is InChI=1S/C15H30O3/c1-12(2)13(16)8-14(3,4)10-18-11-15(5,6)9-17-7/h12H,8-11H2,1-7H3. The van der Waals surface area contributed by atoms with Crippen LogP contribution >= 0.6 is 0 Å². The predicted molar refractivity (Wildman–Crippen MR) is 74.7 cm³/mol. The van der Waals surface area contributed by atoms with E-state index in [0.717, 1.165) is 0 Å². The quantitative estimate of drug-likeness (QED) is 0.636. The summed E-state index contributed by atoms with van der Waals surface area (Å²) in [7, 11) is 1.70. The highest BCUT2D eigenvalue weighted by Crippen LogP contribution is 2.24. The van der Waals surface area contributed by atoms with Gasteiger partial charge in [0.15, 0.2) is 0 Å². The molecule has 0 fully saturated rings. The molecule has 0 aliphatic heterocycles. The topological polar surface area (TPSA) is 35.5 Å². The number of carbonyl (C=O) groups excluding carboxylic acids is 1. The van der Waals surface area contributed by atoms with E-state index in [2.05, 4.69) is 27.7 Å². The number of hydrogen-bond acceptors (Lipinski definition) is 3. The van der Waals surface area contributed by atoms with Gasteiger partial charge in [-0.25, -0.2) is 0 Å². The van der Waals surface area contributed by atoms with Gasteiger partial charge < -0.3 is 9.47 Å². The lowest BCUT2D eigenvalue weighted by Crippen LogP contribution is -2.30. The highest BCUT2D eigenvalue weighted by atomic mass is 16.5. The van der Waals surface area contributed by atoms with Gasteiger partial charge >= 0.3 is 0 Å². The van der Waals surface area contributed by atoms with Crippen LogP contribution in [-0.2, 0) is 14.3 Å². The largest absolute Gasteiger partial charge is 0.384 e. The molecule has 0 aromatic carbocycles. The molecule has 0 heterocycles. The van der Waals surface area contributed by atoms with Gasteiger partial charge in [-0.3, -0.25) is 4.79 Å². The summed E-state index contributed by atoms with van der Waals surface area (Å²) in [5, 5.41) is 0. The molecule has 0 radical (unpaired) electrons. The maximum absolute atomic E-state index is 11.7. The molecule has 0 atom stereocenters. The molecule has 108 valence electrons. The summed E-state index contributed by atoms with van der Waals surface area (Å²) < 4.78 is 10.9. The normalized spacial score (nSPS) is 13.1. The molecule has 0 aromatic heterocycles. The van der Waals surface area contributed by atoms with E-state index in [1.165, 1.54) is 0 Å². The third-order valence-corrected chi connectivity index (χ3v) is 2.82. The van der Waals surface area contributed by atoms with Crippen molar-refractivity contribution in [1.82, 2.24) is 0 Å². The molecule has 0 spiro atoms. The van der Waals surface area contributed by atoms with E-state index >= 15 is 0 Å². The second-order valence-electron chi connectivity index (χ2n) is 7.05. The van der Waals surface area contributed by atoms with Crippen LogP contribution in [0.3, 0.4) is 0 Å². The first kappa shape index (κ1) is 17.6. The Labute approximate surface area is 112 Å². The lowest BCUT2D eigenvalue weighted by Gasteiger charge is -2.28. The van der Waals surface area contributed by atoms with Crippen molar-refractivity contribution in [3.05, 3.63) is 0 Å². The van der Waals surface area contributed by atoms with Crippen molar-refractivity contribution < 1.29 is 14.3 Å². The number of methoxy groups -OCH3 is 1. The summed E-state index contributed by atoms with van der Waals surface area (Å²) >= 11 is 0. The van der Waals surface area contributed by atoms with Crippen LogP contribution in [0.2, 0.25) is 0 Å². The number of ketones is 1. The highest BCUT2D eigenvalue weighted by molar-refractivity contribution is 5.80. The van der Waals surface area contributed by atoms with Crippen LogP contribution in [-0.4, -0.2) is 32.7 Å². The van der Waals surface area contributed by atoms with Crippen molar-refractivity contribution in [2.24, 2.45) is 16.7 Å². The van der Waals surface area contributed by atoms with Gasteiger partial charge in [0, 0.05) is 24.9 Å². The summed E-state index contributed by atoms with van der Waals surface area (Å²) in [4.78, 5) is 11.7. The van der Waals surface area contributed by atoms with Gasteiger partial charge in [0.1, 0.15) is 5.78 Å². The first-order valence-corrected chi connectivity index (χ1v) is 6.69. The molecule has 0 aliphatic carbocycles. The van der Waals surface area contributed by atoms with Crippen molar-refractivity contribution in [2.75, 3.05) is 26.9 Å². The van der Waals surface area contributed by atoms with Gasteiger partial charge in [0.25, 0.3) is 0 Å². The summed E-state index contributed by atoms with van der Waals surface area (Å²) in [6.07, 6.45) is 0.579. The monoisotopic (exact) mass is 258 g/mol. The number of carbonyl (C=O) groups is 1. The molecule has 0 bridgehead atoms. The van der Waals surface area contributed by atoms with Gasteiger partial charge in [0.05, 0.1) is 19.8 Å². The van der Waals surface area contributed by atoms with E-state index in [-0.39, 0.29) is 16.7 Å². The Balaban J connectivity index is 4.08. The lowest BCUT2D eigenvalue weighted by molar-refractivity contribution is -0.125. The summed E-state index contributed by atoms with van der Waals surface area (Å²) in [5.74, 6) is 0.411. The summed E-state index contributed by atoms with van der Waals surface area (Å²) in [6.45, 7) is 14.2. The van der Waals surface area contributed by atoms with Crippen LogP contribution in [0, 0.1) is 16.7 Å². The molecule has 0 rings (SSSR count). The molecule has 3 heteroatoms. The number of hydrogen-bond donors (Lipinski definition) is 0. The Hall–Kier alpha value is -0.410. The van der Waals surface area contributed by atoms with Crippen LogP contribution < -0.4 is 0 Å². The van der Waals surface area contributed by atoms with Gasteiger partial charge in [-0.2, -0.15) is 0 Å². The number of ether oxygens (including phenoxy) is 2. The van der Waals surface area contributed by atoms with Gasteiger partial charge in [-0.05, 0) is 5.41 Å². The van der Waals surface area contributed by atoms with Gasteiger partial charge in [0.2, 0.25) is 0 Å². The Morgan fingerprint density at radius 2 is 1.50 bits per heavy atom. The van der Waals surface area contributed by atoms with E-state index in [1.807, 2.05) is 13.8 Å². The molecule has 0 unspecified atom stereocenters. The molecule has 3 nitrogen and oxygen atoms in total. The van der Waals surface area contributed by atoms with Crippen LogP contribution in [0.5, 0.6) is 0 Å². The molecular formula is C15H30O3. The van der Waals surface area contributed by atoms with Crippen LogP contribution in [0.25, 0.3) is 0 Å². The fourth-order valence-electron chi connectivity index (χ4n) is 1.76. The van der Waals surface area contributed by atoms with Gasteiger partial charge in [-0.1, -0.05) is 41.5 Å². The SMILES string of the molecule is COCC(C)(C)COCC(C)(C)CC(=O)C(C)C. The molecule has 18 heavy (non-hydrogen) atoms. The van der Waals surface area contributed by atoms with E-state index < -0.39 is 0 Å². The maximum Gasteiger partial charge on any atom is 0.136 e. The lowest BCUT2D eigenvalue weighted by atomic mass is 9.85. The van der Waals surface area contributed by atoms with Gasteiger partial charge in [-0.15, -0.1) is 0 Å². The summed E-state index contributed by atoms with van der Waals surface area (Å²) in [6, 6.07) is 0. The Bertz CT molecular complexity index is 254. The minimum Gasteiger partial charge on any atom is -0.384 e. The molecule has 0 saturated carbocycles. The third-order valence-electron chi connectivity index (χ3n) is 2.82. The zero-order valence-electron chi connectivity index (χ0n) is 13.1. The zero-order chi connectivity index (χ0) is 14.4. The Morgan fingerprint density at radius 1 is 1.00 bits per heavy atom. The van der Waals surface area contributed by atoms with Crippen LogP contribution in [0.4, 0.5) is 0 Å². The average Bonchev–Trinajstić information content (AvgIpc) is 2.15. The van der Waals surface area contributed by atoms with E-state index in [0.29, 0.717) is 32.0 Å².